The molecule has 0 radical (unpaired) electrons. The average Bonchev–Trinajstić information content (AvgIpc) is 3.35. The van der Waals surface area contributed by atoms with Crippen LogP contribution in [0.25, 0.3) is 10.4 Å². The molecule has 1 aliphatic heterocycles. The highest BCUT2D eigenvalue weighted by atomic mass is 32.1. The fraction of sp³-hybridized carbons (Fsp3) is 0.478. The van der Waals surface area contributed by atoms with Gasteiger partial charge in [0.1, 0.15) is 11.8 Å². The summed E-state index contributed by atoms with van der Waals surface area (Å²) >= 11 is 1.59. The molecule has 3 rings (SSSR count). The Kier molecular flexibility index (Phi) is 7.02. The number of Topliss-reactive ketones (excluding diaryl/α,β-unsaturated/α-hetero) is 1. The molecule has 1 N–H and O–H groups in total. The number of ketones is 1. The lowest BCUT2D eigenvalue weighted by molar-refractivity contribution is -0.141. The summed E-state index contributed by atoms with van der Waals surface area (Å²) in [6.45, 7) is 7.80. The Morgan fingerprint density at radius 3 is 2.50 bits per heavy atom. The number of aromatic nitrogens is 1. The lowest BCUT2D eigenvalue weighted by atomic mass is 9.99. The standard InChI is InChI=1S/C23H29N3O3S/c1-14(2)23(29)26-11-5-6-20(26)22(28)25-19(12-15(3)27)17-7-9-18(10-8-17)21-16(4)24-13-30-21/h7-10,13-14,19-20H,5-6,11-12H2,1-4H3,(H,25,28). The molecule has 1 fully saturated rings. The van der Waals surface area contributed by atoms with Crippen LogP contribution in [0.2, 0.25) is 0 Å². The molecular formula is C23H29N3O3S. The highest BCUT2D eigenvalue weighted by molar-refractivity contribution is 7.13. The normalized spacial score (nSPS) is 17.2. The molecular weight excluding hydrogens is 398 g/mol. The molecule has 2 amide bonds. The largest absolute Gasteiger partial charge is 0.347 e. The summed E-state index contributed by atoms with van der Waals surface area (Å²) in [6, 6.07) is 7.03. The zero-order chi connectivity index (χ0) is 21.8. The van der Waals surface area contributed by atoms with Gasteiger partial charge in [0.2, 0.25) is 11.8 Å². The summed E-state index contributed by atoms with van der Waals surface area (Å²) in [5.74, 6) is -0.325. The van der Waals surface area contributed by atoms with E-state index in [0.717, 1.165) is 28.1 Å². The van der Waals surface area contributed by atoms with Gasteiger partial charge in [0.05, 0.1) is 22.1 Å². The number of carbonyl (C=O) groups is 3. The van der Waals surface area contributed by atoms with E-state index in [0.29, 0.717) is 13.0 Å². The van der Waals surface area contributed by atoms with E-state index < -0.39 is 12.1 Å². The molecule has 30 heavy (non-hydrogen) atoms. The number of amides is 2. The molecule has 1 aromatic carbocycles. The SMILES string of the molecule is CC(=O)CC(NC(=O)C1CCCN1C(=O)C(C)C)c1ccc(-c2scnc2C)cc1. The van der Waals surface area contributed by atoms with E-state index in [9.17, 15) is 14.4 Å². The first kappa shape index (κ1) is 22.2. The number of hydrogen-bond acceptors (Lipinski definition) is 5. The number of aryl methyl sites for hydroxylation is 1. The van der Waals surface area contributed by atoms with Crippen molar-refractivity contribution in [3.8, 4) is 10.4 Å². The molecule has 2 atom stereocenters. The topological polar surface area (TPSA) is 79.4 Å². The summed E-state index contributed by atoms with van der Waals surface area (Å²) < 4.78 is 0. The quantitative estimate of drug-likeness (QED) is 0.727. The number of nitrogens with one attached hydrogen (secondary N) is 1. The van der Waals surface area contributed by atoms with Gasteiger partial charge >= 0.3 is 0 Å². The number of nitrogens with zero attached hydrogens (tertiary/aromatic N) is 2. The monoisotopic (exact) mass is 427 g/mol. The van der Waals surface area contributed by atoms with E-state index in [2.05, 4.69) is 10.3 Å². The molecule has 1 saturated heterocycles. The van der Waals surface area contributed by atoms with Gasteiger partial charge in [0.15, 0.2) is 0 Å². The van der Waals surface area contributed by atoms with Gasteiger partial charge in [-0.15, -0.1) is 11.3 Å². The van der Waals surface area contributed by atoms with Crippen LogP contribution < -0.4 is 5.32 Å². The zero-order valence-corrected chi connectivity index (χ0v) is 18.8. The molecule has 0 saturated carbocycles. The van der Waals surface area contributed by atoms with Crippen LogP contribution in [0.15, 0.2) is 29.8 Å². The number of likely N-dealkylation sites (tertiary alicyclic amines) is 1. The first-order valence-corrected chi connectivity index (χ1v) is 11.3. The van der Waals surface area contributed by atoms with Crippen LogP contribution in [0.1, 0.15) is 57.3 Å². The molecule has 6 nitrogen and oxygen atoms in total. The van der Waals surface area contributed by atoms with Crippen molar-refractivity contribution < 1.29 is 14.4 Å². The van der Waals surface area contributed by atoms with Crippen LogP contribution >= 0.6 is 11.3 Å². The highest BCUT2D eigenvalue weighted by Gasteiger charge is 2.35. The number of thiazole rings is 1. The first-order chi connectivity index (χ1) is 14.3. The second-order valence-electron chi connectivity index (χ2n) is 8.20. The van der Waals surface area contributed by atoms with Crippen molar-refractivity contribution in [1.29, 1.82) is 0 Å². The maximum absolute atomic E-state index is 13.0. The summed E-state index contributed by atoms with van der Waals surface area (Å²) in [4.78, 5) is 44.4. The van der Waals surface area contributed by atoms with Gasteiger partial charge in [-0.05, 0) is 37.8 Å². The minimum Gasteiger partial charge on any atom is -0.347 e. The Morgan fingerprint density at radius 2 is 1.93 bits per heavy atom. The third kappa shape index (κ3) is 4.95. The summed E-state index contributed by atoms with van der Waals surface area (Å²) in [5, 5.41) is 3.03. The van der Waals surface area contributed by atoms with E-state index in [1.54, 1.807) is 16.2 Å². The Hall–Kier alpha value is -2.54. The second-order valence-corrected chi connectivity index (χ2v) is 9.06. The average molecular weight is 428 g/mol. The number of carbonyl (C=O) groups excluding carboxylic acids is 3. The highest BCUT2D eigenvalue weighted by Crippen LogP contribution is 2.29. The summed E-state index contributed by atoms with van der Waals surface area (Å²) in [5.41, 5.74) is 4.75. The Labute approximate surface area is 181 Å². The van der Waals surface area contributed by atoms with Crippen LogP contribution in [0.4, 0.5) is 0 Å². The van der Waals surface area contributed by atoms with Crippen molar-refractivity contribution in [3.05, 3.63) is 41.0 Å². The predicted molar refractivity (Wildman–Crippen MR) is 118 cm³/mol. The summed E-state index contributed by atoms with van der Waals surface area (Å²) in [7, 11) is 0. The predicted octanol–water partition coefficient (Wildman–Crippen LogP) is 3.90. The zero-order valence-electron chi connectivity index (χ0n) is 18.0. The lowest BCUT2D eigenvalue weighted by Gasteiger charge is -2.28. The van der Waals surface area contributed by atoms with Crippen LogP contribution in [-0.4, -0.2) is 40.1 Å². The van der Waals surface area contributed by atoms with Crippen molar-refractivity contribution in [1.82, 2.24) is 15.2 Å². The first-order valence-electron chi connectivity index (χ1n) is 10.4. The van der Waals surface area contributed by atoms with Gasteiger partial charge in [-0.1, -0.05) is 38.1 Å². The lowest BCUT2D eigenvalue weighted by Crippen LogP contribution is -2.48. The van der Waals surface area contributed by atoms with Crippen LogP contribution in [0.5, 0.6) is 0 Å². The van der Waals surface area contributed by atoms with E-state index in [-0.39, 0.29) is 29.9 Å². The maximum atomic E-state index is 13.0. The van der Waals surface area contributed by atoms with E-state index in [1.165, 1.54) is 6.92 Å². The van der Waals surface area contributed by atoms with Crippen molar-refractivity contribution in [2.45, 2.75) is 59.0 Å². The molecule has 0 spiro atoms. The molecule has 1 aliphatic rings. The molecule has 160 valence electrons. The molecule has 2 aromatic rings. The third-order valence-corrected chi connectivity index (χ3v) is 6.44. The van der Waals surface area contributed by atoms with Crippen molar-refractivity contribution in [3.63, 3.8) is 0 Å². The van der Waals surface area contributed by atoms with Crippen molar-refractivity contribution >= 4 is 28.9 Å². The van der Waals surface area contributed by atoms with E-state index in [4.69, 9.17) is 0 Å². The van der Waals surface area contributed by atoms with Crippen LogP contribution in [-0.2, 0) is 14.4 Å². The molecule has 7 heteroatoms. The third-order valence-electron chi connectivity index (χ3n) is 5.46. The molecule has 0 aliphatic carbocycles. The summed E-state index contributed by atoms with van der Waals surface area (Å²) in [6.07, 6.45) is 1.69. The minimum absolute atomic E-state index is 0.0000444. The number of hydrogen-bond donors (Lipinski definition) is 1. The van der Waals surface area contributed by atoms with Gasteiger partial charge in [-0.3, -0.25) is 14.4 Å². The van der Waals surface area contributed by atoms with Crippen LogP contribution in [0, 0.1) is 12.8 Å². The molecule has 1 aromatic heterocycles. The minimum atomic E-state index is -0.464. The molecule has 0 bridgehead atoms. The maximum Gasteiger partial charge on any atom is 0.243 e. The fourth-order valence-corrected chi connectivity index (χ4v) is 4.70. The van der Waals surface area contributed by atoms with Crippen molar-refractivity contribution in [2.24, 2.45) is 5.92 Å². The van der Waals surface area contributed by atoms with Gasteiger partial charge in [-0.2, -0.15) is 0 Å². The van der Waals surface area contributed by atoms with E-state index >= 15 is 0 Å². The number of benzene rings is 1. The Morgan fingerprint density at radius 1 is 1.23 bits per heavy atom. The molecule has 2 unspecified atom stereocenters. The van der Waals surface area contributed by atoms with Gasteiger partial charge < -0.3 is 10.2 Å². The number of rotatable bonds is 7. The van der Waals surface area contributed by atoms with E-state index in [1.807, 2.05) is 50.5 Å². The van der Waals surface area contributed by atoms with Crippen molar-refractivity contribution in [2.75, 3.05) is 6.54 Å². The van der Waals surface area contributed by atoms with Crippen LogP contribution in [0.3, 0.4) is 0 Å². The smallest absolute Gasteiger partial charge is 0.243 e. The van der Waals surface area contributed by atoms with Gasteiger partial charge in [0, 0.05) is 18.9 Å². The van der Waals surface area contributed by atoms with Gasteiger partial charge in [0.25, 0.3) is 0 Å². The Balaban J connectivity index is 1.77. The van der Waals surface area contributed by atoms with Gasteiger partial charge in [-0.25, -0.2) is 4.98 Å². The fourth-order valence-electron chi connectivity index (χ4n) is 3.89. The Bertz CT molecular complexity index is 920. The molecule has 2 heterocycles. The second kappa shape index (κ2) is 9.51.